The monoisotopic (exact) mass is 386 g/mol. The Kier molecular flexibility index (Phi) is 4.16. The summed E-state index contributed by atoms with van der Waals surface area (Å²) in [5.41, 5.74) is 3.72. The highest BCUT2D eigenvalue weighted by molar-refractivity contribution is 5.76. The Bertz CT molecular complexity index is 1200. The maximum absolute atomic E-state index is 5.45. The van der Waals surface area contributed by atoms with Crippen molar-refractivity contribution in [3.8, 4) is 17.1 Å². The fraction of sp³-hybridized carbons (Fsp3) is 0.273. The summed E-state index contributed by atoms with van der Waals surface area (Å²) in [5, 5.41) is 0. The van der Waals surface area contributed by atoms with Crippen LogP contribution in [-0.2, 0) is 7.05 Å². The lowest BCUT2D eigenvalue weighted by Crippen LogP contribution is -2.46. The van der Waals surface area contributed by atoms with E-state index in [-0.39, 0.29) is 0 Å². The highest BCUT2D eigenvalue weighted by Crippen LogP contribution is 2.34. The zero-order valence-electron chi connectivity index (χ0n) is 16.7. The number of rotatable bonds is 4. The molecule has 0 unspecified atom stereocenters. The zero-order chi connectivity index (χ0) is 20.0. The van der Waals surface area contributed by atoms with Gasteiger partial charge < -0.3 is 14.2 Å². The number of imidazole rings is 1. The van der Waals surface area contributed by atoms with Crippen molar-refractivity contribution in [2.75, 3.05) is 25.1 Å². The highest BCUT2D eigenvalue weighted by atomic mass is 16.5. The predicted molar refractivity (Wildman–Crippen MR) is 112 cm³/mol. The van der Waals surface area contributed by atoms with Crippen LogP contribution in [0.1, 0.15) is 17.6 Å². The Hall–Kier alpha value is -3.48. The van der Waals surface area contributed by atoms with Crippen LogP contribution in [-0.4, -0.2) is 44.7 Å². The second kappa shape index (κ2) is 6.84. The number of anilines is 1. The van der Waals surface area contributed by atoms with E-state index in [0.29, 0.717) is 11.7 Å². The SMILES string of the molecule is COc1cccnc1-c1cc(N2CC(c3nc4ccccc4n3C)C2)nc(C)n1. The fourth-order valence-corrected chi connectivity index (χ4v) is 3.94. The largest absolute Gasteiger partial charge is 0.494 e. The summed E-state index contributed by atoms with van der Waals surface area (Å²) in [7, 11) is 3.74. The topological polar surface area (TPSA) is 69.0 Å². The highest BCUT2D eigenvalue weighted by Gasteiger charge is 2.33. The van der Waals surface area contributed by atoms with E-state index in [9.17, 15) is 0 Å². The number of hydrogen-bond acceptors (Lipinski definition) is 6. The molecule has 7 nitrogen and oxygen atoms in total. The van der Waals surface area contributed by atoms with Crippen molar-refractivity contribution in [1.82, 2.24) is 24.5 Å². The van der Waals surface area contributed by atoms with Gasteiger partial charge in [-0.05, 0) is 31.2 Å². The van der Waals surface area contributed by atoms with E-state index in [4.69, 9.17) is 9.72 Å². The van der Waals surface area contributed by atoms with Crippen LogP contribution in [0.5, 0.6) is 5.75 Å². The number of methoxy groups -OCH3 is 1. The summed E-state index contributed by atoms with van der Waals surface area (Å²) in [4.78, 5) is 20.8. The minimum atomic E-state index is 0.385. The van der Waals surface area contributed by atoms with Crippen LogP contribution in [0, 0.1) is 6.92 Å². The third kappa shape index (κ3) is 2.99. The number of aryl methyl sites for hydroxylation is 2. The number of fused-ring (bicyclic) bond motifs is 1. The lowest BCUT2D eigenvalue weighted by Gasteiger charge is -2.39. The van der Waals surface area contributed by atoms with Crippen molar-refractivity contribution in [3.63, 3.8) is 0 Å². The minimum absolute atomic E-state index is 0.385. The molecular weight excluding hydrogens is 364 g/mol. The maximum atomic E-state index is 5.45. The molecule has 7 heteroatoms. The normalized spacial score (nSPS) is 14.2. The first-order valence-electron chi connectivity index (χ1n) is 9.65. The Labute approximate surface area is 169 Å². The predicted octanol–water partition coefficient (Wildman–Crippen LogP) is 3.35. The Morgan fingerprint density at radius 3 is 2.66 bits per heavy atom. The molecule has 0 aliphatic carbocycles. The molecule has 1 aliphatic rings. The number of aromatic nitrogens is 5. The first-order valence-corrected chi connectivity index (χ1v) is 9.65. The van der Waals surface area contributed by atoms with Crippen molar-refractivity contribution in [2.45, 2.75) is 12.8 Å². The van der Waals surface area contributed by atoms with Gasteiger partial charge in [0, 0.05) is 32.4 Å². The second-order valence-electron chi connectivity index (χ2n) is 7.33. The van der Waals surface area contributed by atoms with Crippen LogP contribution in [0.2, 0.25) is 0 Å². The number of pyridine rings is 1. The van der Waals surface area contributed by atoms with Crippen LogP contribution in [0.3, 0.4) is 0 Å². The van der Waals surface area contributed by atoms with Crippen LogP contribution in [0.15, 0.2) is 48.7 Å². The minimum Gasteiger partial charge on any atom is -0.494 e. The molecule has 0 saturated carbocycles. The molecule has 1 saturated heterocycles. The molecule has 5 rings (SSSR count). The average Bonchev–Trinajstić information content (AvgIpc) is 3.03. The summed E-state index contributed by atoms with van der Waals surface area (Å²) >= 11 is 0. The van der Waals surface area contributed by atoms with Gasteiger partial charge in [-0.15, -0.1) is 0 Å². The van der Waals surface area contributed by atoms with Gasteiger partial charge in [0.15, 0.2) is 0 Å². The fourth-order valence-electron chi connectivity index (χ4n) is 3.94. The van der Waals surface area contributed by atoms with E-state index in [1.54, 1.807) is 13.3 Å². The number of benzene rings is 1. The summed E-state index contributed by atoms with van der Waals surface area (Å²) in [6, 6.07) is 14.0. The van der Waals surface area contributed by atoms with E-state index in [1.165, 1.54) is 5.52 Å². The van der Waals surface area contributed by atoms with Crippen molar-refractivity contribution in [1.29, 1.82) is 0 Å². The molecule has 29 heavy (non-hydrogen) atoms. The number of nitrogens with zero attached hydrogens (tertiary/aromatic N) is 6. The van der Waals surface area contributed by atoms with Gasteiger partial charge in [0.2, 0.25) is 0 Å². The molecule has 3 aromatic heterocycles. The molecule has 0 bridgehead atoms. The summed E-state index contributed by atoms with van der Waals surface area (Å²) in [6.45, 7) is 3.67. The van der Waals surface area contributed by atoms with Crippen LogP contribution >= 0.6 is 0 Å². The lowest BCUT2D eigenvalue weighted by atomic mass is 9.99. The van der Waals surface area contributed by atoms with Gasteiger partial charge in [-0.2, -0.15) is 0 Å². The van der Waals surface area contributed by atoms with Gasteiger partial charge >= 0.3 is 0 Å². The van der Waals surface area contributed by atoms with Crippen molar-refractivity contribution in [3.05, 3.63) is 60.3 Å². The van der Waals surface area contributed by atoms with Gasteiger partial charge in [-0.3, -0.25) is 4.98 Å². The van der Waals surface area contributed by atoms with Gasteiger partial charge in [0.1, 0.15) is 28.9 Å². The molecule has 0 amide bonds. The van der Waals surface area contributed by atoms with Gasteiger partial charge in [-0.25, -0.2) is 15.0 Å². The average molecular weight is 386 g/mol. The Morgan fingerprint density at radius 2 is 1.86 bits per heavy atom. The van der Waals surface area contributed by atoms with E-state index in [2.05, 4.69) is 49.7 Å². The van der Waals surface area contributed by atoms with Crippen molar-refractivity contribution in [2.24, 2.45) is 7.05 Å². The molecule has 1 aromatic carbocycles. The molecule has 0 N–H and O–H groups in total. The molecule has 1 aliphatic heterocycles. The van der Waals surface area contributed by atoms with Gasteiger partial charge in [-0.1, -0.05) is 12.1 Å². The molecule has 0 spiro atoms. The van der Waals surface area contributed by atoms with E-state index in [0.717, 1.165) is 47.5 Å². The quantitative estimate of drug-likeness (QED) is 0.536. The second-order valence-corrected chi connectivity index (χ2v) is 7.33. The standard InChI is InChI=1S/C22H22N6O/c1-14-24-17(21-19(29-3)9-6-10-23-21)11-20(25-14)28-12-15(13-28)22-26-16-7-4-5-8-18(16)27(22)2/h4-11,15H,12-13H2,1-3H3. The summed E-state index contributed by atoms with van der Waals surface area (Å²) in [5.74, 6) is 3.85. The van der Waals surface area contributed by atoms with Gasteiger partial charge in [0.05, 0.1) is 29.8 Å². The zero-order valence-corrected chi connectivity index (χ0v) is 16.7. The maximum Gasteiger partial charge on any atom is 0.146 e. The molecule has 1 fully saturated rings. The third-order valence-electron chi connectivity index (χ3n) is 5.45. The number of hydrogen-bond donors (Lipinski definition) is 0. The Morgan fingerprint density at radius 1 is 1.03 bits per heavy atom. The molecular formula is C22H22N6O. The number of ether oxygens (including phenoxy) is 1. The van der Waals surface area contributed by atoms with Crippen molar-refractivity contribution >= 4 is 16.9 Å². The van der Waals surface area contributed by atoms with Crippen molar-refractivity contribution < 1.29 is 4.74 Å². The first-order chi connectivity index (χ1) is 14.1. The molecule has 4 heterocycles. The summed E-state index contributed by atoms with van der Waals surface area (Å²) in [6.07, 6.45) is 1.75. The van der Waals surface area contributed by atoms with Crippen LogP contribution in [0.25, 0.3) is 22.4 Å². The molecule has 4 aromatic rings. The van der Waals surface area contributed by atoms with Crippen LogP contribution < -0.4 is 9.64 Å². The first kappa shape index (κ1) is 17.6. The summed E-state index contributed by atoms with van der Waals surface area (Å²) < 4.78 is 7.65. The Balaban J connectivity index is 1.42. The molecule has 0 radical (unpaired) electrons. The van der Waals surface area contributed by atoms with E-state index in [1.807, 2.05) is 31.2 Å². The van der Waals surface area contributed by atoms with E-state index < -0.39 is 0 Å². The lowest BCUT2D eigenvalue weighted by molar-refractivity contribution is 0.414. The molecule has 0 atom stereocenters. The smallest absolute Gasteiger partial charge is 0.146 e. The number of para-hydroxylation sites is 2. The van der Waals surface area contributed by atoms with Gasteiger partial charge in [0.25, 0.3) is 0 Å². The third-order valence-corrected chi connectivity index (χ3v) is 5.45. The van der Waals surface area contributed by atoms with E-state index >= 15 is 0 Å². The van der Waals surface area contributed by atoms with Crippen LogP contribution in [0.4, 0.5) is 5.82 Å². The molecule has 146 valence electrons.